The fraction of sp³-hybridized carbons (Fsp3) is 0.0294. The van der Waals surface area contributed by atoms with E-state index in [1.807, 2.05) is 11.8 Å². The number of nitrogens with zero attached hydrogens (tertiary/aromatic N) is 1. The molecule has 0 amide bonds. The van der Waals surface area contributed by atoms with Crippen molar-refractivity contribution in [1.82, 2.24) is 0 Å². The van der Waals surface area contributed by atoms with E-state index < -0.39 is 10.8 Å². The van der Waals surface area contributed by atoms with Gasteiger partial charge in [0.15, 0.2) is 0 Å². The zero-order valence-corrected chi connectivity index (χ0v) is 39.4. The number of anilines is 3. The maximum absolute atomic E-state index is 6.78. The van der Waals surface area contributed by atoms with E-state index in [-0.39, 0.29) is 0 Å². The minimum absolute atomic E-state index is 0.614. The Morgan fingerprint density at radius 1 is 0.352 bits per heavy atom. The van der Waals surface area contributed by atoms with Gasteiger partial charge in [-0.2, -0.15) is 0 Å². The fourth-order valence-corrected chi connectivity index (χ4v) is 14.2. The van der Waals surface area contributed by atoms with E-state index in [9.17, 15) is 0 Å². The molecule has 1 aromatic heterocycles. The molecule has 0 saturated heterocycles. The summed E-state index contributed by atoms with van der Waals surface area (Å²) >= 11 is 1.90. The first-order valence-corrected chi connectivity index (χ1v) is 25.3. The van der Waals surface area contributed by atoms with Gasteiger partial charge in [0, 0.05) is 26.4 Å². The van der Waals surface area contributed by atoms with Crippen LogP contribution in [0.2, 0.25) is 0 Å². The van der Waals surface area contributed by atoms with Crippen molar-refractivity contribution in [3.05, 3.63) is 305 Å². The van der Waals surface area contributed by atoms with E-state index in [2.05, 4.69) is 266 Å². The van der Waals surface area contributed by atoms with Crippen molar-refractivity contribution in [2.24, 2.45) is 0 Å². The van der Waals surface area contributed by atoms with E-state index in [4.69, 9.17) is 4.42 Å². The Balaban J connectivity index is 1.13. The largest absolute Gasteiger partial charge is 0.456 e. The summed E-state index contributed by atoms with van der Waals surface area (Å²) in [5.74, 6) is 0. The zero-order chi connectivity index (χ0) is 46.7. The molecule has 332 valence electrons. The van der Waals surface area contributed by atoms with Gasteiger partial charge in [0.05, 0.1) is 27.6 Å². The van der Waals surface area contributed by atoms with Gasteiger partial charge in [0.25, 0.3) is 0 Å². The van der Waals surface area contributed by atoms with Gasteiger partial charge in [-0.05, 0) is 115 Å². The third-order valence-electron chi connectivity index (χ3n) is 15.6. The normalized spacial score (nSPS) is 14.1. The first-order valence-electron chi connectivity index (χ1n) is 24.5. The maximum Gasteiger partial charge on any atom is 0.137 e. The van der Waals surface area contributed by atoms with Crippen molar-refractivity contribution in [2.45, 2.75) is 20.6 Å². The van der Waals surface area contributed by atoms with Crippen LogP contribution in [0.5, 0.6) is 0 Å². The summed E-state index contributed by atoms with van der Waals surface area (Å²) in [7, 11) is 0. The van der Waals surface area contributed by atoms with Crippen LogP contribution in [0, 0.1) is 0 Å². The predicted molar refractivity (Wildman–Crippen MR) is 293 cm³/mol. The molecule has 12 aromatic rings. The molecule has 0 unspecified atom stereocenters. The Hall–Kier alpha value is -8.63. The van der Waals surface area contributed by atoms with Gasteiger partial charge in [-0.15, -0.1) is 0 Å². The topological polar surface area (TPSA) is 16.4 Å². The lowest BCUT2D eigenvalue weighted by molar-refractivity contribution is 0.669. The Bertz CT molecular complexity index is 4010. The summed E-state index contributed by atoms with van der Waals surface area (Å²) in [4.78, 5) is 5.14. The number of benzene rings is 11. The molecular weight excluding hydrogens is 879 g/mol. The van der Waals surface area contributed by atoms with Crippen LogP contribution in [0.4, 0.5) is 17.1 Å². The monoisotopic (exact) mass is 921 g/mol. The minimum Gasteiger partial charge on any atom is -0.456 e. The SMILES string of the molecule is c1ccc(-c2cc(N(c3cccc4c3C(c3ccccc3)(c3ccccc3)c3ccccc3-4)c3cccc4oc5ccccc5c34)cc3c2Sc2ccccc2C32c3ccccc3-c3ccccc32)cc1. The van der Waals surface area contributed by atoms with Crippen LogP contribution in [-0.2, 0) is 10.8 Å². The number of hydrogen-bond donors (Lipinski definition) is 0. The van der Waals surface area contributed by atoms with Crippen LogP contribution >= 0.6 is 11.8 Å². The van der Waals surface area contributed by atoms with Crippen molar-refractivity contribution in [3.8, 4) is 33.4 Å². The molecule has 71 heavy (non-hydrogen) atoms. The molecule has 0 fully saturated rings. The minimum atomic E-state index is -0.675. The third kappa shape index (κ3) is 5.50. The van der Waals surface area contributed by atoms with Gasteiger partial charge < -0.3 is 9.32 Å². The van der Waals surface area contributed by atoms with Crippen LogP contribution in [-0.4, -0.2) is 0 Å². The number of fused-ring (bicyclic) bond motifs is 15. The van der Waals surface area contributed by atoms with E-state index in [1.165, 1.54) is 87.7 Å². The van der Waals surface area contributed by atoms with Gasteiger partial charge >= 0.3 is 0 Å². The molecule has 3 heteroatoms. The molecule has 3 aliphatic rings. The Kier molecular flexibility index (Phi) is 8.76. The molecule has 0 saturated carbocycles. The van der Waals surface area contributed by atoms with E-state index in [0.29, 0.717) is 0 Å². The lowest BCUT2D eigenvalue weighted by Crippen LogP contribution is -2.33. The molecule has 0 N–H and O–H groups in total. The molecule has 0 radical (unpaired) electrons. The highest BCUT2D eigenvalue weighted by molar-refractivity contribution is 7.99. The van der Waals surface area contributed by atoms with Gasteiger partial charge in [-0.3, -0.25) is 0 Å². The summed E-state index contributed by atoms with van der Waals surface area (Å²) in [6, 6.07) is 97.0. The molecule has 11 aromatic carbocycles. The van der Waals surface area contributed by atoms with Gasteiger partial charge in [0.2, 0.25) is 0 Å². The molecule has 0 bridgehead atoms. The summed E-state index contributed by atoms with van der Waals surface area (Å²) in [5.41, 5.74) is 21.2. The van der Waals surface area contributed by atoms with Crippen LogP contribution in [0.15, 0.2) is 275 Å². The highest BCUT2D eigenvalue weighted by atomic mass is 32.2. The first-order chi connectivity index (χ1) is 35.2. The van der Waals surface area contributed by atoms with Crippen molar-refractivity contribution >= 4 is 50.8 Å². The Morgan fingerprint density at radius 3 is 1.55 bits per heavy atom. The van der Waals surface area contributed by atoms with Gasteiger partial charge in [-0.1, -0.05) is 230 Å². The first kappa shape index (κ1) is 40.3. The number of furan rings is 1. The molecule has 15 rings (SSSR count). The predicted octanol–water partition coefficient (Wildman–Crippen LogP) is 17.9. The quantitative estimate of drug-likeness (QED) is 0.165. The lowest BCUT2D eigenvalue weighted by Gasteiger charge is -2.42. The number of hydrogen-bond acceptors (Lipinski definition) is 3. The summed E-state index contributed by atoms with van der Waals surface area (Å²) in [5, 5.41) is 2.16. The van der Waals surface area contributed by atoms with Crippen LogP contribution in [0.3, 0.4) is 0 Å². The van der Waals surface area contributed by atoms with Crippen molar-refractivity contribution in [3.63, 3.8) is 0 Å². The Morgan fingerprint density at radius 2 is 0.859 bits per heavy atom. The fourth-order valence-electron chi connectivity index (χ4n) is 12.9. The van der Waals surface area contributed by atoms with Crippen molar-refractivity contribution < 1.29 is 4.42 Å². The second-order valence-electron chi connectivity index (χ2n) is 19.0. The zero-order valence-electron chi connectivity index (χ0n) is 38.6. The third-order valence-corrected chi connectivity index (χ3v) is 16.8. The highest BCUT2D eigenvalue weighted by Gasteiger charge is 2.52. The molecule has 0 atom stereocenters. The summed E-state index contributed by atoms with van der Waals surface area (Å²) in [6.45, 7) is 0. The lowest BCUT2D eigenvalue weighted by atomic mass is 9.66. The van der Waals surface area contributed by atoms with Crippen LogP contribution in [0.25, 0.3) is 55.3 Å². The van der Waals surface area contributed by atoms with Gasteiger partial charge in [0.1, 0.15) is 11.2 Å². The highest BCUT2D eigenvalue weighted by Crippen LogP contribution is 2.65. The van der Waals surface area contributed by atoms with E-state index in [1.54, 1.807) is 0 Å². The standard InChI is InChI=1S/C68H43NOS/c1-4-22-44(23-5-1)53-42-47(43-58-66(53)71-63-41-19-17-36-57(63)68(58)55-34-15-10-28-48(55)49-29-11-16-35-56(49)68)69(59-37-21-40-62-64(59)52-31-13-18-39-61(52)70-62)60-38-20-32-51-50-30-12-14-33-54(50)67(65(51)60,45-24-6-2-7-25-45)46-26-8-3-9-27-46/h1-43H. The molecule has 1 aliphatic heterocycles. The van der Waals surface area contributed by atoms with Crippen LogP contribution in [0.1, 0.15) is 44.5 Å². The molecule has 1 spiro atoms. The molecule has 2 aliphatic carbocycles. The number of rotatable bonds is 6. The van der Waals surface area contributed by atoms with Crippen molar-refractivity contribution in [1.29, 1.82) is 0 Å². The van der Waals surface area contributed by atoms with E-state index in [0.717, 1.165) is 39.0 Å². The smallest absolute Gasteiger partial charge is 0.137 e. The van der Waals surface area contributed by atoms with Crippen LogP contribution < -0.4 is 4.90 Å². The summed E-state index contributed by atoms with van der Waals surface area (Å²) < 4.78 is 6.78. The van der Waals surface area contributed by atoms with E-state index >= 15 is 0 Å². The summed E-state index contributed by atoms with van der Waals surface area (Å²) in [6.07, 6.45) is 0. The van der Waals surface area contributed by atoms with Gasteiger partial charge in [-0.25, -0.2) is 0 Å². The second-order valence-corrected chi connectivity index (χ2v) is 20.0. The molecular formula is C68H43NOS. The molecule has 2 nitrogen and oxygen atoms in total. The maximum atomic E-state index is 6.78. The number of para-hydroxylation sites is 1. The average Bonchev–Trinajstić information content (AvgIpc) is 4.09. The second kappa shape index (κ2) is 15.4. The molecule has 2 heterocycles. The Labute approximate surface area is 417 Å². The van der Waals surface area contributed by atoms with Crippen molar-refractivity contribution in [2.75, 3.05) is 4.90 Å². The average molecular weight is 922 g/mol.